The van der Waals surface area contributed by atoms with Crippen molar-refractivity contribution in [3.05, 3.63) is 28.8 Å². The van der Waals surface area contributed by atoms with Gasteiger partial charge in [0.15, 0.2) is 0 Å². The van der Waals surface area contributed by atoms with Crippen LogP contribution < -0.4 is 15.4 Å². The number of hydrogen-bond donors (Lipinski definition) is 2. The van der Waals surface area contributed by atoms with Gasteiger partial charge in [0.2, 0.25) is 0 Å². The summed E-state index contributed by atoms with van der Waals surface area (Å²) in [5.74, 6) is 1.77. The Kier molecular flexibility index (Phi) is 5.23. The predicted octanol–water partition coefficient (Wildman–Crippen LogP) is 2.40. The Hall–Kier alpha value is -1.06. The monoisotopic (exact) mass is 262 g/mol. The number of hydrogen-bond acceptors (Lipinski definition) is 3. The first kappa shape index (κ1) is 14.4. The van der Waals surface area contributed by atoms with Gasteiger partial charge in [-0.05, 0) is 69.4 Å². The molecule has 2 N–H and O–H groups in total. The molecule has 106 valence electrons. The van der Waals surface area contributed by atoms with Gasteiger partial charge in [-0.2, -0.15) is 0 Å². The predicted molar refractivity (Wildman–Crippen MR) is 79.8 cm³/mol. The maximum Gasteiger partial charge on any atom is 0.123 e. The van der Waals surface area contributed by atoms with Crippen molar-refractivity contribution in [1.82, 2.24) is 10.6 Å². The molecule has 1 unspecified atom stereocenters. The van der Waals surface area contributed by atoms with Gasteiger partial charge in [0.1, 0.15) is 5.75 Å². The highest BCUT2D eigenvalue weighted by atomic mass is 16.5. The molecule has 0 radical (unpaired) electrons. The number of aryl methyl sites for hydroxylation is 2. The molecule has 1 saturated heterocycles. The molecule has 0 aromatic heterocycles. The number of piperidine rings is 1. The number of nitrogens with one attached hydrogen (secondary N) is 2. The maximum absolute atomic E-state index is 5.47. The van der Waals surface area contributed by atoms with Crippen LogP contribution in [0.4, 0.5) is 0 Å². The van der Waals surface area contributed by atoms with E-state index in [0.717, 1.165) is 31.3 Å². The minimum Gasteiger partial charge on any atom is -0.496 e. The zero-order chi connectivity index (χ0) is 13.7. The average molecular weight is 262 g/mol. The first-order valence-corrected chi connectivity index (χ1v) is 7.26. The number of rotatable bonds is 5. The Labute approximate surface area is 116 Å². The summed E-state index contributed by atoms with van der Waals surface area (Å²) in [5, 5.41) is 7.03. The van der Waals surface area contributed by atoms with E-state index in [0.29, 0.717) is 0 Å². The van der Waals surface area contributed by atoms with Crippen molar-refractivity contribution < 1.29 is 4.74 Å². The second kappa shape index (κ2) is 6.92. The molecule has 1 aromatic carbocycles. The van der Waals surface area contributed by atoms with Crippen molar-refractivity contribution in [3.8, 4) is 5.75 Å². The summed E-state index contributed by atoms with van der Waals surface area (Å²) < 4.78 is 5.47. The van der Waals surface area contributed by atoms with Gasteiger partial charge in [-0.3, -0.25) is 0 Å². The van der Waals surface area contributed by atoms with E-state index in [1.807, 2.05) is 0 Å². The van der Waals surface area contributed by atoms with Crippen molar-refractivity contribution in [2.45, 2.75) is 33.2 Å². The normalized spacial score (nSPS) is 19.4. The molecule has 1 aliphatic heterocycles. The second-order valence-electron chi connectivity index (χ2n) is 5.59. The van der Waals surface area contributed by atoms with Gasteiger partial charge in [-0.15, -0.1) is 0 Å². The SMILES string of the molecule is COc1cc(C)c(C)cc1CNCC1CCCNC1. The van der Waals surface area contributed by atoms with Gasteiger partial charge in [0.05, 0.1) is 7.11 Å². The summed E-state index contributed by atoms with van der Waals surface area (Å²) in [4.78, 5) is 0. The van der Waals surface area contributed by atoms with Crippen LogP contribution in [0.15, 0.2) is 12.1 Å². The molecule has 2 rings (SSSR count). The molecule has 0 bridgehead atoms. The fourth-order valence-electron chi connectivity index (χ4n) is 2.69. The van der Waals surface area contributed by atoms with E-state index < -0.39 is 0 Å². The largest absolute Gasteiger partial charge is 0.496 e. The summed E-state index contributed by atoms with van der Waals surface area (Å²) in [5.41, 5.74) is 3.88. The minimum atomic E-state index is 0.770. The first-order chi connectivity index (χ1) is 9.20. The summed E-state index contributed by atoms with van der Waals surface area (Å²) in [6, 6.07) is 4.37. The van der Waals surface area contributed by atoms with Crippen LogP contribution in [0.5, 0.6) is 5.75 Å². The minimum absolute atomic E-state index is 0.770. The van der Waals surface area contributed by atoms with Crippen molar-refractivity contribution in [2.24, 2.45) is 5.92 Å². The quantitative estimate of drug-likeness (QED) is 0.855. The van der Waals surface area contributed by atoms with E-state index in [1.165, 1.54) is 36.1 Å². The van der Waals surface area contributed by atoms with E-state index in [-0.39, 0.29) is 0 Å². The van der Waals surface area contributed by atoms with E-state index in [1.54, 1.807) is 7.11 Å². The molecule has 3 nitrogen and oxygen atoms in total. The van der Waals surface area contributed by atoms with Gasteiger partial charge in [-0.1, -0.05) is 6.07 Å². The molecule has 3 heteroatoms. The lowest BCUT2D eigenvalue weighted by Gasteiger charge is -2.23. The second-order valence-corrected chi connectivity index (χ2v) is 5.59. The van der Waals surface area contributed by atoms with E-state index >= 15 is 0 Å². The summed E-state index contributed by atoms with van der Waals surface area (Å²) in [7, 11) is 1.75. The summed E-state index contributed by atoms with van der Waals surface area (Å²) in [6.45, 7) is 8.59. The van der Waals surface area contributed by atoms with E-state index in [2.05, 4.69) is 36.6 Å². The Bertz CT molecular complexity index is 411. The number of methoxy groups -OCH3 is 1. The van der Waals surface area contributed by atoms with Crippen molar-refractivity contribution in [3.63, 3.8) is 0 Å². The van der Waals surface area contributed by atoms with Crippen molar-refractivity contribution in [1.29, 1.82) is 0 Å². The van der Waals surface area contributed by atoms with Gasteiger partial charge < -0.3 is 15.4 Å². The van der Waals surface area contributed by atoms with Crippen LogP contribution in [0, 0.1) is 19.8 Å². The van der Waals surface area contributed by atoms with Crippen LogP contribution in [0.3, 0.4) is 0 Å². The van der Waals surface area contributed by atoms with E-state index in [9.17, 15) is 0 Å². The fraction of sp³-hybridized carbons (Fsp3) is 0.625. The fourth-order valence-corrected chi connectivity index (χ4v) is 2.69. The van der Waals surface area contributed by atoms with Crippen LogP contribution >= 0.6 is 0 Å². The Morgan fingerprint density at radius 2 is 2.11 bits per heavy atom. The lowest BCUT2D eigenvalue weighted by Crippen LogP contribution is -2.35. The average Bonchev–Trinajstić information content (AvgIpc) is 2.43. The highest BCUT2D eigenvalue weighted by Crippen LogP contribution is 2.23. The standard InChI is InChI=1S/C16H26N2O/c1-12-7-15(16(19-3)8-13(12)2)11-18-10-14-5-4-6-17-9-14/h7-8,14,17-18H,4-6,9-11H2,1-3H3. The maximum atomic E-state index is 5.47. The lowest BCUT2D eigenvalue weighted by atomic mass is 9.99. The molecular formula is C16H26N2O. The van der Waals surface area contributed by atoms with Crippen LogP contribution in [0.2, 0.25) is 0 Å². The Morgan fingerprint density at radius 1 is 1.32 bits per heavy atom. The number of benzene rings is 1. The third kappa shape index (κ3) is 3.95. The summed E-state index contributed by atoms with van der Waals surface area (Å²) >= 11 is 0. The number of ether oxygens (including phenoxy) is 1. The molecule has 1 atom stereocenters. The topological polar surface area (TPSA) is 33.3 Å². The van der Waals surface area contributed by atoms with Crippen LogP contribution in [0.25, 0.3) is 0 Å². The molecule has 0 amide bonds. The van der Waals surface area contributed by atoms with Crippen LogP contribution in [-0.2, 0) is 6.54 Å². The Balaban J connectivity index is 1.89. The highest BCUT2D eigenvalue weighted by Gasteiger charge is 2.12. The highest BCUT2D eigenvalue weighted by molar-refractivity contribution is 5.41. The molecule has 1 aromatic rings. The van der Waals surface area contributed by atoms with E-state index in [4.69, 9.17) is 4.74 Å². The van der Waals surface area contributed by atoms with Crippen LogP contribution in [0.1, 0.15) is 29.5 Å². The smallest absolute Gasteiger partial charge is 0.123 e. The Morgan fingerprint density at radius 3 is 2.79 bits per heavy atom. The molecule has 19 heavy (non-hydrogen) atoms. The molecule has 1 aliphatic rings. The molecule has 0 spiro atoms. The van der Waals surface area contributed by atoms with Gasteiger partial charge in [0.25, 0.3) is 0 Å². The molecule has 1 heterocycles. The zero-order valence-electron chi connectivity index (χ0n) is 12.4. The van der Waals surface area contributed by atoms with Gasteiger partial charge >= 0.3 is 0 Å². The van der Waals surface area contributed by atoms with Crippen LogP contribution in [-0.4, -0.2) is 26.7 Å². The first-order valence-electron chi connectivity index (χ1n) is 7.26. The van der Waals surface area contributed by atoms with Gasteiger partial charge in [0, 0.05) is 12.1 Å². The van der Waals surface area contributed by atoms with Crippen molar-refractivity contribution >= 4 is 0 Å². The third-order valence-corrected chi connectivity index (χ3v) is 4.04. The molecule has 0 aliphatic carbocycles. The van der Waals surface area contributed by atoms with Gasteiger partial charge in [-0.25, -0.2) is 0 Å². The molecule has 0 saturated carbocycles. The molecular weight excluding hydrogens is 236 g/mol. The lowest BCUT2D eigenvalue weighted by molar-refractivity contribution is 0.357. The molecule has 1 fully saturated rings. The third-order valence-electron chi connectivity index (χ3n) is 4.04. The van der Waals surface area contributed by atoms with Crippen molar-refractivity contribution in [2.75, 3.05) is 26.7 Å². The zero-order valence-corrected chi connectivity index (χ0v) is 12.4. The summed E-state index contributed by atoms with van der Waals surface area (Å²) in [6.07, 6.45) is 2.64.